The van der Waals surface area contributed by atoms with Crippen molar-refractivity contribution in [1.82, 2.24) is 4.57 Å². The minimum Gasteiger partial charge on any atom is -0.323 e. The topological polar surface area (TPSA) is 3.24 Å². The molecule has 0 rings (SSSR count). The highest BCUT2D eigenvalue weighted by molar-refractivity contribution is 7.61. The fraction of sp³-hybridized carbons (Fsp3) is 1.00. The Hall–Kier alpha value is 1.04. The molecule has 0 fully saturated rings. The quantitative estimate of drug-likeness (QED) is 0.288. The molecule has 0 radical (unpaired) electrons. The normalized spacial score (nSPS) is 15.3. The van der Waals surface area contributed by atoms with Crippen molar-refractivity contribution < 1.29 is 0 Å². The van der Waals surface area contributed by atoms with Crippen LogP contribution in [0.3, 0.4) is 0 Å². The summed E-state index contributed by atoms with van der Waals surface area (Å²) in [5.41, 5.74) is 0. The lowest BCUT2D eigenvalue weighted by Gasteiger charge is -2.46. The predicted molar refractivity (Wildman–Crippen MR) is 138 cm³/mol. The van der Waals surface area contributed by atoms with Gasteiger partial charge in [0.15, 0.2) is 0 Å². The number of hydrogen-bond acceptors (Lipinski definition) is 1. The van der Waals surface area contributed by atoms with E-state index in [-0.39, 0.29) is 15.8 Å². The van der Waals surface area contributed by atoms with Gasteiger partial charge in [0.05, 0.1) is 0 Å². The second-order valence-corrected chi connectivity index (χ2v) is 26.1. The van der Waals surface area contributed by atoms with Crippen LogP contribution < -0.4 is 0 Å². The molecule has 0 aliphatic rings. The van der Waals surface area contributed by atoms with Gasteiger partial charge in [-0.05, 0) is 46.0 Å². The van der Waals surface area contributed by atoms with Gasteiger partial charge in [-0.1, -0.05) is 119 Å². The summed E-state index contributed by atoms with van der Waals surface area (Å²) in [5, 5.41) is 1.73. The third-order valence-electron chi connectivity index (χ3n) is 5.37. The van der Waals surface area contributed by atoms with Gasteiger partial charge in [-0.2, -0.15) is 0 Å². The van der Waals surface area contributed by atoms with Crippen molar-refractivity contribution in [2.24, 2.45) is 0 Å². The van der Waals surface area contributed by atoms with Crippen molar-refractivity contribution in [3.63, 3.8) is 0 Å². The summed E-state index contributed by atoms with van der Waals surface area (Å²) >= 11 is 0. The molecule has 0 aromatic rings. The Morgan fingerprint density at radius 3 is 0.889 bits per heavy atom. The molecule has 0 aliphatic heterocycles. The average Bonchev–Trinajstić information content (AvgIpc) is 2.28. The highest BCUT2D eigenvalue weighted by atomic mass is 31.1. The third kappa shape index (κ3) is 10.1. The summed E-state index contributed by atoms with van der Waals surface area (Å²) in [5.74, 6) is 0. The molecule has 0 heterocycles. The fourth-order valence-corrected chi connectivity index (χ4v) is 14.1. The van der Waals surface area contributed by atoms with E-state index in [1.807, 2.05) is 0 Å². The minimum absolute atomic E-state index is 0.00778. The Bertz CT molecular complexity index is 377. The first-order valence-electron chi connectivity index (χ1n) is 10.9. The third-order valence-corrected chi connectivity index (χ3v) is 15.5. The largest absolute Gasteiger partial charge is 0.323 e. The van der Waals surface area contributed by atoms with Gasteiger partial charge >= 0.3 is 0 Å². The fourth-order valence-electron chi connectivity index (χ4n) is 4.58. The smallest absolute Gasteiger partial charge is 0.119 e. The molecule has 27 heavy (non-hydrogen) atoms. The minimum atomic E-state index is -1.30. The first-order chi connectivity index (χ1) is 11.6. The van der Waals surface area contributed by atoms with E-state index in [9.17, 15) is 0 Å². The van der Waals surface area contributed by atoms with E-state index in [0.717, 1.165) is 0 Å². The molecule has 1 nitrogen and oxygen atoms in total. The number of rotatable bonds is 7. The molecule has 0 saturated heterocycles. The monoisotopic (exact) mass is 433 g/mol. The lowest BCUT2D eigenvalue weighted by molar-refractivity contribution is 0.470. The summed E-state index contributed by atoms with van der Waals surface area (Å²) < 4.78 is 2.92. The zero-order valence-corrected chi connectivity index (χ0v) is 24.5. The van der Waals surface area contributed by atoms with E-state index >= 15 is 0 Å². The Morgan fingerprint density at radius 1 is 0.519 bits per heavy atom. The number of nitrogens with zero attached hydrogens (tertiary/aromatic N) is 1. The van der Waals surface area contributed by atoms with Crippen molar-refractivity contribution >= 4 is 24.1 Å². The van der Waals surface area contributed by atoms with E-state index in [4.69, 9.17) is 0 Å². The zero-order valence-electron chi connectivity index (χ0n) is 21.7. The Labute approximate surface area is 177 Å². The maximum atomic E-state index is 2.92. The van der Waals surface area contributed by atoms with E-state index in [1.54, 1.807) is 0 Å². The molecule has 0 saturated carbocycles. The van der Waals surface area contributed by atoms with Gasteiger partial charge in [-0.3, -0.25) is 0 Å². The van der Waals surface area contributed by atoms with Gasteiger partial charge in [0.2, 0.25) is 0 Å². The van der Waals surface area contributed by atoms with Crippen LogP contribution in [0.4, 0.5) is 0 Å². The Balaban J connectivity index is 5.33. The molecule has 0 unspecified atom stereocenters. The standard InChI is InChI=1S/C23H53NP2Si/c1-20(2,3)25(21(4,5)6)18-16-24(27(13,14)15)17-19-26(22(7,8)9)23(10,11)12/h16-19H2,1-15H3. The highest BCUT2D eigenvalue weighted by Gasteiger charge is 2.37. The predicted octanol–water partition coefficient (Wildman–Crippen LogP) is 8.28. The summed E-state index contributed by atoms with van der Waals surface area (Å²) in [6.07, 6.45) is 2.77. The Kier molecular flexibility index (Phi) is 9.81. The van der Waals surface area contributed by atoms with Gasteiger partial charge in [-0.25, -0.2) is 0 Å². The van der Waals surface area contributed by atoms with Gasteiger partial charge in [0.1, 0.15) is 8.24 Å². The molecular formula is C23H53NP2Si. The summed E-state index contributed by atoms with van der Waals surface area (Å²) in [6, 6.07) is 0. The van der Waals surface area contributed by atoms with Crippen molar-refractivity contribution in [2.45, 2.75) is 123 Å². The molecule has 0 N–H and O–H groups in total. The van der Waals surface area contributed by atoms with E-state index in [0.29, 0.717) is 20.6 Å². The summed E-state index contributed by atoms with van der Waals surface area (Å²) in [6.45, 7) is 39.7. The first kappa shape index (κ1) is 28.0. The van der Waals surface area contributed by atoms with Gasteiger partial charge in [0, 0.05) is 0 Å². The number of hydrogen-bond donors (Lipinski definition) is 0. The van der Waals surface area contributed by atoms with Crippen molar-refractivity contribution in [3.05, 3.63) is 0 Å². The van der Waals surface area contributed by atoms with E-state index in [2.05, 4.69) is 107 Å². The van der Waals surface area contributed by atoms with Crippen LogP contribution in [0.15, 0.2) is 0 Å². The molecule has 0 atom stereocenters. The Morgan fingerprint density at radius 2 is 0.741 bits per heavy atom. The van der Waals surface area contributed by atoms with Crippen LogP contribution in [0.5, 0.6) is 0 Å². The van der Waals surface area contributed by atoms with E-state index < -0.39 is 8.24 Å². The van der Waals surface area contributed by atoms with Crippen LogP contribution in [-0.2, 0) is 0 Å². The van der Waals surface area contributed by atoms with Gasteiger partial charge < -0.3 is 4.57 Å². The van der Waals surface area contributed by atoms with Crippen LogP contribution in [0.25, 0.3) is 0 Å². The van der Waals surface area contributed by atoms with Crippen LogP contribution in [-0.4, -0.2) is 58.8 Å². The molecule has 4 heteroatoms. The highest BCUT2D eigenvalue weighted by Crippen LogP contribution is 2.60. The van der Waals surface area contributed by atoms with Crippen molar-refractivity contribution in [2.75, 3.05) is 25.4 Å². The second kappa shape index (κ2) is 9.45. The summed E-state index contributed by atoms with van der Waals surface area (Å²) in [7, 11) is -1.32. The first-order valence-corrected chi connectivity index (χ1v) is 17.4. The van der Waals surface area contributed by atoms with Crippen LogP contribution >= 0.6 is 15.8 Å². The molecule has 0 aromatic carbocycles. The summed E-state index contributed by atoms with van der Waals surface area (Å²) in [4.78, 5) is 0. The maximum Gasteiger partial charge on any atom is 0.119 e. The maximum absolute atomic E-state index is 2.92. The van der Waals surface area contributed by atoms with Crippen molar-refractivity contribution in [3.8, 4) is 0 Å². The molecule has 0 aliphatic carbocycles. The van der Waals surface area contributed by atoms with Crippen LogP contribution in [0.2, 0.25) is 19.6 Å². The molecule has 0 bridgehead atoms. The van der Waals surface area contributed by atoms with Crippen LogP contribution in [0.1, 0.15) is 83.1 Å². The molecular weight excluding hydrogens is 380 g/mol. The zero-order chi connectivity index (χ0) is 22.1. The molecule has 0 aromatic heterocycles. The van der Waals surface area contributed by atoms with Crippen molar-refractivity contribution in [1.29, 1.82) is 0 Å². The lowest BCUT2D eigenvalue weighted by atomic mass is 10.2. The lowest BCUT2D eigenvalue weighted by Crippen LogP contribution is -2.49. The molecule has 0 spiro atoms. The average molecular weight is 434 g/mol. The van der Waals surface area contributed by atoms with Gasteiger partial charge in [-0.15, -0.1) is 0 Å². The second-order valence-electron chi connectivity index (χ2n) is 13.1. The SMILES string of the molecule is CC(C)(C)P(CCN(CCP(C(C)(C)C)C(C)(C)C)[Si](C)(C)C)C(C)(C)C. The van der Waals surface area contributed by atoms with E-state index in [1.165, 1.54) is 25.4 Å². The van der Waals surface area contributed by atoms with Crippen LogP contribution in [0, 0.1) is 0 Å². The molecule has 164 valence electrons. The van der Waals surface area contributed by atoms with Gasteiger partial charge in [0.25, 0.3) is 0 Å². The molecule has 0 amide bonds.